The summed E-state index contributed by atoms with van der Waals surface area (Å²) in [4.78, 5) is 20.3. The summed E-state index contributed by atoms with van der Waals surface area (Å²) in [5, 5.41) is 4.78. The number of hydrogen-bond donors (Lipinski definition) is 0. The fraction of sp³-hybridized carbons (Fsp3) is 0. The molecule has 0 bridgehead atoms. The van der Waals surface area contributed by atoms with Crippen LogP contribution in [0.2, 0.25) is 0 Å². The lowest BCUT2D eigenvalue weighted by molar-refractivity contribution is 1.18. The topological polar surface area (TPSA) is 51.6 Å². The van der Waals surface area contributed by atoms with E-state index in [9.17, 15) is 0 Å². The van der Waals surface area contributed by atoms with E-state index in [-0.39, 0.29) is 0 Å². The Hall–Kier alpha value is -7.56. The molecule has 0 spiro atoms. The van der Waals surface area contributed by atoms with Gasteiger partial charge in [-0.3, -0.25) is 0 Å². The van der Waals surface area contributed by atoms with Crippen molar-refractivity contribution in [1.82, 2.24) is 19.9 Å². The third-order valence-corrected chi connectivity index (χ3v) is 10.3. The van der Waals surface area contributed by atoms with Gasteiger partial charge in [0.25, 0.3) is 0 Å². The molecular formula is C52H34N4. The van der Waals surface area contributed by atoms with Gasteiger partial charge in [-0.05, 0) is 56.9 Å². The minimum absolute atomic E-state index is 0.689. The SMILES string of the molecule is c1ccc(-c2cc(-c3ccc4ccccc4c3)nc(-c3ccc(-c4ccc(-c5nc(-c6ccccc6)cc(-c6ccc7ccccc7c6)n5)cc4)cc3)n2)cc1. The zero-order valence-electron chi connectivity index (χ0n) is 30.4. The zero-order valence-corrected chi connectivity index (χ0v) is 30.4. The van der Waals surface area contributed by atoms with Crippen molar-refractivity contribution in [1.29, 1.82) is 0 Å². The Kier molecular flexibility index (Phi) is 8.47. The molecule has 0 saturated heterocycles. The normalized spacial score (nSPS) is 11.2. The molecule has 4 heteroatoms. The smallest absolute Gasteiger partial charge is 0.160 e. The predicted molar refractivity (Wildman–Crippen MR) is 231 cm³/mol. The quantitative estimate of drug-likeness (QED) is 0.165. The number of nitrogens with zero attached hydrogens (tertiary/aromatic N) is 4. The van der Waals surface area contributed by atoms with Gasteiger partial charge in [0, 0.05) is 33.4 Å². The van der Waals surface area contributed by atoms with E-state index >= 15 is 0 Å². The molecule has 0 saturated carbocycles. The maximum Gasteiger partial charge on any atom is 0.160 e. The van der Waals surface area contributed by atoms with Crippen LogP contribution in [0, 0.1) is 0 Å². The maximum atomic E-state index is 5.10. The van der Waals surface area contributed by atoms with E-state index in [1.54, 1.807) is 0 Å². The van der Waals surface area contributed by atoms with Gasteiger partial charge in [0.2, 0.25) is 0 Å². The number of benzene rings is 8. The summed E-state index contributed by atoms with van der Waals surface area (Å²) < 4.78 is 0. The molecule has 0 atom stereocenters. The van der Waals surface area contributed by atoms with Crippen LogP contribution in [0.1, 0.15) is 0 Å². The number of aromatic nitrogens is 4. The van der Waals surface area contributed by atoms with Crippen molar-refractivity contribution in [2.75, 3.05) is 0 Å². The average molecular weight is 715 g/mol. The minimum atomic E-state index is 0.689. The second-order valence-electron chi connectivity index (χ2n) is 13.9. The maximum absolute atomic E-state index is 5.10. The highest BCUT2D eigenvalue weighted by atomic mass is 14.9. The molecule has 4 nitrogen and oxygen atoms in total. The van der Waals surface area contributed by atoms with Gasteiger partial charge < -0.3 is 0 Å². The number of rotatable bonds is 7. The molecule has 0 amide bonds. The Morgan fingerprint density at radius 2 is 0.500 bits per heavy atom. The Bertz CT molecular complexity index is 2790. The van der Waals surface area contributed by atoms with E-state index in [4.69, 9.17) is 19.9 Å². The minimum Gasteiger partial charge on any atom is -0.228 e. The second kappa shape index (κ2) is 14.3. The molecule has 262 valence electrons. The van der Waals surface area contributed by atoms with Crippen LogP contribution in [0.25, 0.3) is 100 Å². The first-order valence-electron chi connectivity index (χ1n) is 18.8. The van der Waals surface area contributed by atoms with E-state index in [1.807, 2.05) is 36.4 Å². The third kappa shape index (κ3) is 6.61. The van der Waals surface area contributed by atoms with Gasteiger partial charge in [0.15, 0.2) is 11.6 Å². The van der Waals surface area contributed by atoms with Crippen molar-refractivity contribution in [2.45, 2.75) is 0 Å². The van der Waals surface area contributed by atoms with Crippen molar-refractivity contribution in [3.63, 3.8) is 0 Å². The van der Waals surface area contributed by atoms with Crippen molar-refractivity contribution in [3.05, 3.63) is 206 Å². The molecule has 0 N–H and O–H groups in total. The van der Waals surface area contributed by atoms with E-state index in [0.29, 0.717) is 11.6 Å². The molecule has 0 aliphatic heterocycles. The molecule has 0 radical (unpaired) electrons. The largest absolute Gasteiger partial charge is 0.228 e. The summed E-state index contributed by atoms with van der Waals surface area (Å²) in [5.41, 5.74) is 11.9. The first-order valence-corrected chi connectivity index (χ1v) is 18.8. The molecule has 0 fully saturated rings. The van der Waals surface area contributed by atoms with E-state index in [2.05, 4.69) is 170 Å². The van der Waals surface area contributed by atoms with E-state index in [0.717, 1.165) is 67.3 Å². The highest BCUT2D eigenvalue weighted by Crippen LogP contribution is 2.33. The van der Waals surface area contributed by atoms with Crippen molar-refractivity contribution < 1.29 is 0 Å². The lowest BCUT2D eigenvalue weighted by Crippen LogP contribution is -1.96. The average Bonchev–Trinajstić information content (AvgIpc) is 3.29. The summed E-state index contributed by atoms with van der Waals surface area (Å²) in [6.07, 6.45) is 0. The monoisotopic (exact) mass is 714 g/mol. The first-order chi connectivity index (χ1) is 27.7. The Morgan fingerprint density at radius 3 is 0.893 bits per heavy atom. The third-order valence-electron chi connectivity index (χ3n) is 10.3. The van der Waals surface area contributed by atoms with Crippen molar-refractivity contribution in [3.8, 4) is 78.9 Å². The lowest BCUT2D eigenvalue weighted by Gasteiger charge is -2.11. The zero-order chi connectivity index (χ0) is 37.3. The summed E-state index contributed by atoms with van der Waals surface area (Å²) in [6, 6.07) is 71.6. The summed E-state index contributed by atoms with van der Waals surface area (Å²) >= 11 is 0. The summed E-state index contributed by atoms with van der Waals surface area (Å²) in [5.74, 6) is 1.38. The summed E-state index contributed by atoms with van der Waals surface area (Å²) in [6.45, 7) is 0. The van der Waals surface area contributed by atoms with Crippen LogP contribution in [-0.4, -0.2) is 19.9 Å². The summed E-state index contributed by atoms with van der Waals surface area (Å²) in [7, 11) is 0. The highest BCUT2D eigenvalue weighted by molar-refractivity contribution is 5.89. The van der Waals surface area contributed by atoms with E-state index in [1.165, 1.54) is 21.5 Å². The van der Waals surface area contributed by atoms with Gasteiger partial charge in [-0.2, -0.15) is 0 Å². The van der Waals surface area contributed by atoms with Gasteiger partial charge in [0.1, 0.15) is 0 Å². The Balaban J connectivity index is 0.980. The standard InChI is InChI=1S/C52H34N4/c1-3-13-39(14-4-1)47-33-49(45-29-23-35-11-7-9-17-43(35)31-45)55-51(53-47)41-25-19-37(20-26-41)38-21-27-42(28-22-38)52-54-48(40-15-5-2-6-16-40)34-50(56-52)46-30-24-36-12-8-10-18-44(36)32-46/h1-34H. The van der Waals surface area contributed by atoms with Crippen LogP contribution < -0.4 is 0 Å². The van der Waals surface area contributed by atoms with Gasteiger partial charge in [-0.1, -0.05) is 182 Å². The van der Waals surface area contributed by atoms with Crippen molar-refractivity contribution in [2.24, 2.45) is 0 Å². The molecule has 10 rings (SSSR count). The molecule has 0 aliphatic carbocycles. The lowest BCUT2D eigenvalue weighted by atomic mass is 10.0. The van der Waals surface area contributed by atoms with E-state index < -0.39 is 0 Å². The fourth-order valence-electron chi connectivity index (χ4n) is 7.28. The van der Waals surface area contributed by atoms with Gasteiger partial charge in [0.05, 0.1) is 22.8 Å². The molecule has 56 heavy (non-hydrogen) atoms. The van der Waals surface area contributed by atoms with Crippen LogP contribution in [0.3, 0.4) is 0 Å². The Labute approximate surface area is 325 Å². The van der Waals surface area contributed by atoms with Crippen LogP contribution in [0.5, 0.6) is 0 Å². The second-order valence-corrected chi connectivity index (χ2v) is 13.9. The van der Waals surface area contributed by atoms with Gasteiger partial charge in [-0.25, -0.2) is 19.9 Å². The Morgan fingerprint density at radius 1 is 0.196 bits per heavy atom. The van der Waals surface area contributed by atoms with Gasteiger partial charge in [-0.15, -0.1) is 0 Å². The van der Waals surface area contributed by atoms with Crippen LogP contribution in [0.4, 0.5) is 0 Å². The molecule has 0 aliphatic rings. The van der Waals surface area contributed by atoms with Crippen LogP contribution >= 0.6 is 0 Å². The molecule has 8 aromatic carbocycles. The molecule has 2 aromatic heterocycles. The fourth-order valence-corrected chi connectivity index (χ4v) is 7.28. The molecular weight excluding hydrogens is 681 g/mol. The first kappa shape index (κ1) is 33.0. The molecule has 2 heterocycles. The number of hydrogen-bond acceptors (Lipinski definition) is 4. The predicted octanol–water partition coefficient (Wildman–Crippen LogP) is 13.2. The number of fused-ring (bicyclic) bond motifs is 2. The van der Waals surface area contributed by atoms with Crippen LogP contribution in [0.15, 0.2) is 206 Å². The van der Waals surface area contributed by atoms with Gasteiger partial charge >= 0.3 is 0 Å². The van der Waals surface area contributed by atoms with Crippen molar-refractivity contribution >= 4 is 21.5 Å². The highest BCUT2D eigenvalue weighted by Gasteiger charge is 2.14. The van der Waals surface area contributed by atoms with Crippen LogP contribution in [-0.2, 0) is 0 Å². The molecule has 0 unspecified atom stereocenters. The molecule has 10 aromatic rings.